The Bertz CT molecular complexity index is 2370. The number of anilines is 2. The zero-order valence-electron chi connectivity index (χ0n) is 29.2. The van der Waals surface area contributed by atoms with Crippen LogP contribution in [-0.2, 0) is 38.9 Å². The number of aromatic nitrogens is 3. The fraction of sp³-hybridized carbons (Fsp3) is 0.189. The second-order valence-electron chi connectivity index (χ2n) is 12.0. The van der Waals surface area contributed by atoms with Crippen LogP contribution < -0.4 is 17.8 Å². The smallest absolute Gasteiger partial charge is 0.316 e. The zero-order valence-corrected chi connectivity index (χ0v) is 31.7. The third-order valence-corrected chi connectivity index (χ3v) is 10.8. The standard InChI is InChI=1S/C37H36N6O6S3/c1-22-10-12-24(3)32(16-22)48-52(45)42-29-15-14-25(4)33(19-29)49-51(44)41-28-9-7-8-27(18-28)35-39-36-30(20-38)31(21-47-46-6)37(43(36)40-35)50-34-17-23(2)11-13-26(34)5/h7-19,41-42H,21H2,1-6H3,(H,39,40). The van der Waals surface area contributed by atoms with Crippen molar-refractivity contribution >= 4 is 51.3 Å². The maximum Gasteiger partial charge on any atom is 0.316 e. The van der Waals surface area contributed by atoms with E-state index in [2.05, 4.69) is 38.8 Å². The van der Waals surface area contributed by atoms with E-state index in [1.54, 1.807) is 40.9 Å². The average Bonchev–Trinajstić information content (AvgIpc) is 3.66. The lowest BCUT2D eigenvalue weighted by Gasteiger charge is -2.13. The van der Waals surface area contributed by atoms with E-state index in [0.717, 1.165) is 37.7 Å². The molecule has 0 aliphatic carbocycles. The average molecular weight is 757 g/mol. The summed E-state index contributed by atoms with van der Waals surface area (Å²) in [6.45, 7) is 9.75. The third kappa shape index (κ3) is 8.33. The maximum atomic E-state index is 13.2. The quantitative estimate of drug-likeness (QED) is 0.0739. The number of benzene rings is 4. The van der Waals surface area contributed by atoms with Gasteiger partial charge < -0.3 is 8.37 Å². The molecule has 2 aromatic heterocycles. The molecule has 0 radical (unpaired) electrons. The summed E-state index contributed by atoms with van der Waals surface area (Å²) in [7, 11) is 1.42. The van der Waals surface area contributed by atoms with E-state index in [0.29, 0.717) is 51.0 Å². The van der Waals surface area contributed by atoms with Gasteiger partial charge in [-0.2, -0.15) is 13.7 Å². The fourth-order valence-electron chi connectivity index (χ4n) is 5.24. The zero-order chi connectivity index (χ0) is 36.9. The van der Waals surface area contributed by atoms with Gasteiger partial charge in [0, 0.05) is 22.1 Å². The van der Waals surface area contributed by atoms with Crippen LogP contribution in [0.1, 0.15) is 38.9 Å². The van der Waals surface area contributed by atoms with Crippen LogP contribution in [0.15, 0.2) is 88.8 Å². The second-order valence-corrected chi connectivity index (χ2v) is 14.7. The molecular weight excluding hydrogens is 721 g/mol. The van der Waals surface area contributed by atoms with Crippen LogP contribution >= 0.6 is 11.8 Å². The van der Waals surface area contributed by atoms with Gasteiger partial charge in [0.15, 0.2) is 11.5 Å². The van der Waals surface area contributed by atoms with E-state index >= 15 is 0 Å². The lowest BCUT2D eigenvalue weighted by molar-refractivity contribution is -0.282. The Labute approximate surface area is 311 Å². The molecule has 0 saturated heterocycles. The van der Waals surface area contributed by atoms with Crippen LogP contribution in [-0.4, -0.2) is 30.1 Å². The molecule has 6 aromatic rings. The van der Waals surface area contributed by atoms with Crippen LogP contribution in [0, 0.1) is 45.9 Å². The predicted octanol–water partition coefficient (Wildman–Crippen LogP) is 8.11. The first-order valence-electron chi connectivity index (χ1n) is 16.0. The molecule has 0 aliphatic rings. The molecule has 0 saturated carbocycles. The maximum absolute atomic E-state index is 13.2. The monoisotopic (exact) mass is 756 g/mol. The number of rotatable bonds is 14. The van der Waals surface area contributed by atoms with Crippen molar-refractivity contribution in [1.29, 1.82) is 5.26 Å². The molecule has 15 heteroatoms. The summed E-state index contributed by atoms with van der Waals surface area (Å²) in [6.07, 6.45) is 0. The Morgan fingerprint density at radius 3 is 2.15 bits per heavy atom. The molecule has 0 spiro atoms. The van der Waals surface area contributed by atoms with Crippen molar-refractivity contribution in [2.75, 3.05) is 16.6 Å². The summed E-state index contributed by atoms with van der Waals surface area (Å²) in [6, 6.07) is 26.4. The normalized spacial score (nSPS) is 12.3. The molecule has 6 rings (SSSR count). The molecule has 2 atom stereocenters. The van der Waals surface area contributed by atoms with E-state index in [9.17, 15) is 13.7 Å². The molecule has 0 amide bonds. The number of nitrogens with one attached hydrogen (secondary N) is 3. The number of nitrogens with zero attached hydrogens (tertiary/aromatic N) is 3. The Balaban J connectivity index is 1.20. The van der Waals surface area contributed by atoms with Crippen molar-refractivity contribution in [3.8, 4) is 29.0 Å². The summed E-state index contributed by atoms with van der Waals surface area (Å²) in [5, 5.41) is 14.3. The molecule has 0 bridgehead atoms. The van der Waals surface area contributed by atoms with Gasteiger partial charge in [0.05, 0.1) is 18.5 Å². The summed E-state index contributed by atoms with van der Waals surface area (Å²) >= 11 is -2.37. The molecular formula is C37H36N6O6S3. The highest BCUT2D eigenvalue weighted by molar-refractivity contribution is 7.99. The lowest BCUT2D eigenvalue weighted by Crippen LogP contribution is -2.13. The molecule has 2 heterocycles. The van der Waals surface area contributed by atoms with E-state index in [1.807, 2.05) is 58.9 Å². The highest BCUT2D eigenvalue weighted by Gasteiger charge is 2.24. The number of nitriles is 1. The fourth-order valence-corrected chi connectivity index (χ4v) is 7.83. The summed E-state index contributed by atoms with van der Waals surface area (Å²) in [4.78, 5) is 16.0. The van der Waals surface area contributed by atoms with Gasteiger partial charge >= 0.3 is 22.5 Å². The SMILES string of the molecule is COOCc1c(C#N)c2nc(-c3cccc(NS(=O)Oc4cc(NS(=O)Oc5cc(C)ccc5C)ccc4C)c3)[nH]n2c1Sc1cc(C)ccc1C. The van der Waals surface area contributed by atoms with Crippen LogP contribution in [0.4, 0.5) is 11.4 Å². The number of aryl methyl sites for hydroxylation is 5. The van der Waals surface area contributed by atoms with Gasteiger partial charge in [-0.1, -0.05) is 54.2 Å². The summed E-state index contributed by atoms with van der Waals surface area (Å²) < 4.78 is 44.8. The van der Waals surface area contributed by atoms with E-state index in [-0.39, 0.29) is 6.61 Å². The van der Waals surface area contributed by atoms with E-state index in [1.165, 1.54) is 18.9 Å². The number of H-pyrrole nitrogens is 1. The Morgan fingerprint density at radius 1 is 0.827 bits per heavy atom. The number of aromatic amines is 1. The first kappa shape index (κ1) is 36.7. The van der Waals surface area contributed by atoms with Gasteiger partial charge in [-0.25, -0.2) is 19.3 Å². The minimum Gasteiger partial charge on any atom is -0.385 e. The van der Waals surface area contributed by atoms with Gasteiger partial charge in [0.25, 0.3) is 0 Å². The number of hydrogen-bond donors (Lipinski definition) is 3. The van der Waals surface area contributed by atoms with Crippen molar-refractivity contribution in [3.05, 3.63) is 118 Å². The van der Waals surface area contributed by atoms with Gasteiger partial charge in [0.1, 0.15) is 34.8 Å². The Morgan fingerprint density at radius 2 is 1.46 bits per heavy atom. The van der Waals surface area contributed by atoms with E-state index in [4.69, 9.17) is 23.1 Å². The van der Waals surface area contributed by atoms with Gasteiger partial charge in [-0.3, -0.25) is 14.5 Å². The molecule has 0 aliphatic heterocycles. The highest BCUT2D eigenvalue weighted by atomic mass is 32.2. The Hall–Kier alpha value is -5.11. The number of hydrogen-bond acceptors (Lipinski definition) is 9. The molecule has 3 N–H and O–H groups in total. The van der Waals surface area contributed by atoms with Crippen LogP contribution in [0.25, 0.3) is 17.0 Å². The molecule has 2 unspecified atom stereocenters. The summed E-state index contributed by atoms with van der Waals surface area (Å²) in [5.41, 5.74) is 7.87. The second kappa shape index (κ2) is 16.1. The van der Waals surface area contributed by atoms with Crippen LogP contribution in [0.5, 0.6) is 11.5 Å². The molecule has 0 fully saturated rings. The topological polar surface area (TPSA) is 152 Å². The summed E-state index contributed by atoms with van der Waals surface area (Å²) in [5.74, 6) is 1.33. The Kier molecular flexibility index (Phi) is 11.3. The minimum absolute atomic E-state index is 0.0571. The van der Waals surface area contributed by atoms with Gasteiger partial charge in [0.2, 0.25) is 0 Å². The number of fused-ring (bicyclic) bond motifs is 1. The van der Waals surface area contributed by atoms with Gasteiger partial charge in [-0.15, -0.1) is 0 Å². The molecule has 12 nitrogen and oxygen atoms in total. The first-order chi connectivity index (χ1) is 25.0. The first-order valence-corrected chi connectivity index (χ1v) is 19.0. The van der Waals surface area contributed by atoms with Crippen molar-refractivity contribution in [2.45, 2.75) is 51.1 Å². The van der Waals surface area contributed by atoms with E-state index < -0.39 is 22.5 Å². The minimum atomic E-state index is -2.00. The largest absolute Gasteiger partial charge is 0.385 e. The lowest BCUT2D eigenvalue weighted by atomic mass is 10.1. The van der Waals surface area contributed by atoms with Crippen molar-refractivity contribution < 1.29 is 26.6 Å². The van der Waals surface area contributed by atoms with Crippen molar-refractivity contribution in [3.63, 3.8) is 0 Å². The van der Waals surface area contributed by atoms with Crippen LogP contribution in [0.3, 0.4) is 0 Å². The van der Waals surface area contributed by atoms with Crippen molar-refractivity contribution in [1.82, 2.24) is 14.6 Å². The molecule has 268 valence electrons. The van der Waals surface area contributed by atoms with Crippen molar-refractivity contribution in [2.24, 2.45) is 0 Å². The highest BCUT2D eigenvalue weighted by Crippen LogP contribution is 2.38. The molecule has 52 heavy (non-hydrogen) atoms. The predicted molar refractivity (Wildman–Crippen MR) is 203 cm³/mol. The van der Waals surface area contributed by atoms with Gasteiger partial charge in [-0.05, 0) is 92.8 Å². The third-order valence-electron chi connectivity index (χ3n) is 8.02. The van der Waals surface area contributed by atoms with Crippen LogP contribution in [0.2, 0.25) is 0 Å². The molecule has 4 aromatic carbocycles.